The van der Waals surface area contributed by atoms with Gasteiger partial charge in [-0.1, -0.05) is 32.0 Å². The van der Waals surface area contributed by atoms with Crippen LogP contribution in [0, 0.1) is 30.1 Å². The first kappa shape index (κ1) is 15.2. The largest absolute Gasteiger partial charge is 0.325 e. The SMILES string of the molecule is Cc1cccc(C(C)C)c1NC(=O)C12CC3CC(CC(C3)C1)C2. The number of hydrogen-bond acceptors (Lipinski definition) is 1. The molecule has 0 radical (unpaired) electrons. The van der Waals surface area contributed by atoms with Crippen molar-refractivity contribution in [2.45, 2.75) is 65.2 Å². The van der Waals surface area contributed by atoms with E-state index in [0.717, 1.165) is 42.7 Å². The molecule has 0 aromatic heterocycles. The van der Waals surface area contributed by atoms with Gasteiger partial charge in [-0.3, -0.25) is 4.79 Å². The summed E-state index contributed by atoms with van der Waals surface area (Å²) in [6.07, 6.45) is 7.55. The molecule has 5 rings (SSSR count). The van der Waals surface area contributed by atoms with E-state index in [1.165, 1.54) is 30.4 Å². The van der Waals surface area contributed by atoms with Gasteiger partial charge in [0.05, 0.1) is 5.41 Å². The fourth-order valence-corrected chi connectivity index (χ4v) is 5.98. The van der Waals surface area contributed by atoms with Crippen LogP contribution in [0.2, 0.25) is 0 Å². The second kappa shape index (κ2) is 5.36. The number of benzene rings is 1. The lowest BCUT2D eigenvalue weighted by molar-refractivity contribution is -0.140. The van der Waals surface area contributed by atoms with Crippen molar-refractivity contribution in [1.82, 2.24) is 0 Å². The van der Waals surface area contributed by atoms with E-state index in [0.29, 0.717) is 11.8 Å². The summed E-state index contributed by atoms with van der Waals surface area (Å²) in [5, 5.41) is 3.38. The van der Waals surface area contributed by atoms with E-state index < -0.39 is 0 Å². The molecule has 0 spiro atoms. The predicted octanol–water partition coefficient (Wildman–Crippen LogP) is 5.27. The molecule has 0 aliphatic heterocycles. The van der Waals surface area contributed by atoms with Crippen LogP contribution in [0.4, 0.5) is 5.69 Å². The first-order chi connectivity index (χ1) is 11.0. The van der Waals surface area contributed by atoms with Gasteiger partial charge in [-0.25, -0.2) is 0 Å². The van der Waals surface area contributed by atoms with Gasteiger partial charge in [0, 0.05) is 5.69 Å². The zero-order valence-corrected chi connectivity index (χ0v) is 14.7. The topological polar surface area (TPSA) is 29.1 Å². The Bertz CT molecular complexity index is 595. The minimum absolute atomic E-state index is 0.0642. The molecule has 4 bridgehead atoms. The van der Waals surface area contributed by atoms with Gasteiger partial charge in [0.15, 0.2) is 0 Å². The van der Waals surface area contributed by atoms with Gasteiger partial charge in [-0.05, 0) is 80.2 Å². The van der Waals surface area contributed by atoms with E-state index >= 15 is 0 Å². The molecule has 124 valence electrons. The Morgan fingerprint density at radius 1 is 1.09 bits per heavy atom. The highest BCUT2D eigenvalue weighted by molar-refractivity contribution is 5.97. The monoisotopic (exact) mass is 311 g/mol. The summed E-state index contributed by atoms with van der Waals surface area (Å²) in [5.41, 5.74) is 3.46. The Kier molecular flexibility index (Phi) is 3.55. The fraction of sp³-hybridized carbons (Fsp3) is 0.667. The molecule has 0 unspecified atom stereocenters. The molecular weight excluding hydrogens is 282 g/mol. The second-order valence-electron chi connectivity index (χ2n) is 8.85. The van der Waals surface area contributed by atoms with Crippen molar-refractivity contribution in [2.75, 3.05) is 5.32 Å². The second-order valence-corrected chi connectivity index (χ2v) is 8.85. The summed E-state index contributed by atoms with van der Waals surface area (Å²) in [6.45, 7) is 6.52. The lowest BCUT2D eigenvalue weighted by atomic mass is 9.49. The number of carbonyl (C=O) groups is 1. The molecule has 1 N–H and O–H groups in total. The van der Waals surface area contributed by atoms with Gasteiger partial charge in [0.2, 0.25) is 5.91 Å². The Balaban J connectivity index is 1.62. The summed E-state index contributed by atoms with van der Waals surface area (Å²) in [7, 11) is 0. The molecule has 4 saturated carbocycles. The highest BCUT2D eigenvalue weighted by Gasteiger charge is 2.54. The van der Waals surface area contributed by atoms with Crippen LogP contribution in [0.15, 0.2) is 18.2 Å². The number of rotatable bonds is 3. The number of carbonyl (C=O) groups excluding carboxylic acids is 1. The molecule has 0 atom stereocenters. The van der Waals surface area contributed by atoms with Gasteiger partial charge in [-0.15, -0.1) is 0 Å². The highest BCUT2D eigenvalue weighted by atomic mass is 16.2. The van der Waals surface area contributed by atoms with E-state index in [9.17, 15) is 4.79 Å². The van der Waals surface area contributed by atoms with E-state index in [2.05, 4.69) is 44.3 Å². The van der Waals surface area contributed by atoms with Crippen LogP contribution in [0.5, 0.6) is 0 Å². The van der Waals surface area contributed by atoms with Crippen LogP contribution in [0.3, 0.4) is 0 Å². The van der Waals surface area contributed by atoms with Crippen LogP contribution < -0.4 is 5.32 Å². The Morgan fingerprint density at radius 2 is 1.65 bits per heavy atom. The van der Waals surface area contributed by atoms with Gasteiger partial charge in [-0.2, -0.15) is 0 Å². The van der Waals surface area contributed by atoms with Crippen LogP contribution >= 0.6 is 0 Å². The average molecular weight is 311 g/mol. The van der Waals surface area contributed by atoms with Gasteiger partial charge in [0.25, 0.3) is 0 Å². The maximum absolute atomic E-state index is 13.3. The number of nitrogens with one attached hydrogen (secondary N) is 1. The van der Waals surface area contributed by atoms with E-state index in [1.54, 1.807) is 0 Å². The number of aryl methyl sites for hydroxylation is 1. The molecule has 4 aliphatic rings. The third kappa shape index (κ3) is 2.51. The van der Waals surface area contributed by atoms with Crippen molar-refractivity contribution in [3.05, 3.63) is 29.3 Å². The van der Waals surface area contributed by atoms with Crippen LogP contribution in [0.1, 0.15) is 69.4 Å². The molecule has 0 saturated heterocycles. The molecule has 0 heterocycles. The van der Waals surface area contributed by atoms with Crippen LogP contribution in [-0.4, -0.2) is 5.91 Å². The van der Waals surface area contributed by atoms with Crippen molar-refractivity contribution in [2.24, 2.45) is 23.2 Å². The van der Waals surface area contributed by atoms with Crippen LogP contribution in [-0.2, 0) is 4.79 Å². The Morgan fingerprint density at radius 3 is 2.17 bits per heavy atom. The quantitative estimate of drug-likeness (QED) is 0.809. The number of anilines is 1. The molecule has 4 fully saturated rings. The first-order valence-corrected chi connectivity index (χ1v) is 9.38. The van der Waals surface area contributed by atoms with E-state index in [-0.39, 0.29) is 5.41 Å². The summed E-state index contributed by atoms with van der Waals surface area (Å²) in [5.74, 6) is 3.18. The number of hydrogen-bond donors (Lipinski definition) is 1. The van der Waals surface area contributed by atoms with Crippen molar-refractivity contribution in [3.63, 3.8) is 0 Å². The standard InChI is InChI=1S/C21H29NO/c1-13(2)18-6-4-5-14(3)19(18)22-20(23)21-10-15-7-16(11-21)9-17(8-15)12-21/h4-6,13,15-17H,7-12H2,1-3H3,(H,22,23). The summed E-state index contributed by atoms with van der Waals surface area (Å²) in [6, 6.07) is 6.37. The molecule has 23 heavy (non-hydrogen) atoms. The molecular formula is C21H29NO. The summed E-state index contributed by atoms with van der Waals surface area (Å²) < 4.78 is 0. The van der Waals surface area contributed by atoms with Crippen molar-refractivity contribution in [1.29, 1.82) is 0 Å². The van der Waals surface area contributed by atoms with Gasteiger partial charge < -0.3 is 5.32 Å². The third-order valence-corrected chi connectivity index (χ3v) is 6.69. The molecule has 2 heteroatoms. The predicted molar refractivity (Wildman–Crippen MR) is 94.5 cm³/mol. The van der Waals surface area contributed by atoms with Crippen LogP contribution in [0.25, 0.3) is 0 Å². The lowest BCUT2D eigenvalue weighted by Crippen LogP contribution is -2.51. The summed E-state index contributed by atoms with van der Waals surface area (Å²) in [4.78, 5) is 13.3. The van der Waals surface area contributed by atoms with Crippen molar-refractivity contribution >= 4 is 11.6 Å². The average Bonchev–Trinajstić information content (AvgIpc) is 2.47. The van der Waals surface area contributed by atoms with Crippen molar-refractivity contribution in [3.8, 4) is 0 Å². The van der Waals surface area contributed by atoms with E-state index in [1.807, 2.05) is 0 Å². The molecule has 2 nitrogen and oxygen atoms in total. The molecule has 1 aromatic rings. The van der Waals surface area contributed by atoms with Gasteiger partial charge in [0.1, 0.15) is 0 Å². The smallest absolute Gasteiger partial charge is 0.230 e. The Labute approximate surface area is 140 Å². The lowest BCUT2D eigenvalue weighted by Gasteiger charge is -2.55. The zero-order chi connectivity index (χ0) is 16.2. The maximum Gasteiger partial charge on any atom is 0.230 e. The first-order valence-electron chi connectivity index (χ1n) is 9.38. The Hall–Kier alpha value is -1.31. The summed E-state index contributed by atoms with van der Waals surface area (Å²) >= 11 is 0. The molecule has 4 aliphatic carbocycles. The molecule has 1 aromatic carbocycles. The highest BCUT2D eigenvalue weighted by Crippen LogP contribution is 2.60. The fourth-order valence-electron chi connectivity index (χ4n) is 5.98. The third-order valence-electron chi connectivity index (χ3n) is 6.69. The van der Waals surface area contributed by atoms with E-state index in [4.69, 9.17) is 0 Å². The normalized spacial score (nSPS) is 34.9. The minimum Gasteiger partial charge on any atom is -0.325 e. The maximum atomic E-state index is 13.3. The van der Waals surface area contributed by atoms with Crippen molar-refractivity contribution < 1.29 is 4.79 Å². The molecule has 1 amide bonds. The number of amides is 1. The van der Waals surface area contributed by atoms with Gasteiger partial charge >= 0.3 is 0 Å². The minimum atomic E-state index is -0.0642. The zero-order valence-electron chi connectivity index (χ0n) is 14.7. The number of para-hydroxylation sites is 1.